The average molecular weight is 781 g/mol. The summed E-state index contributed by atoms with van der Waals surface area (Å²) in [6, 6.07) is 3.90. The first-order valence-electron chi connectivity index (χ1n) is 16.9. The number of rotatable bonds is 13. The van der Waals surface area contributed by atoms with Gasteiger partial charge in [-0.3, -0.25) is 34.7 Å². The molecule has 15 heteroatoms. The van der Waals surface area contributed by atoms with Crippen molar-refractivity contribution in [1.82, 2.24) is 20.2 Å². The van der Waals surface area contributed by atoms with Gasteiger partial charge in [0, 0.05) is 30.8 Å². The molecule has 1 aliphatic rings. The van der Waals surface area contributed by atoms with E-state index in [1.54, 1.807) is 32.4 Å². The Morgan fingerprint density at radius 3 is 2.02 bits per heavy atom. The molecule has 15 nitrogen and oxygen atoms in total. The van der Waals surface area contributed by atoms with Crippen molar-refractivity contribution in [2.24, 2.45) is 5.73 Å². The molecule has 0 amide bonds. The quantitative estimate of drug-likeness (QED) is 0.0343. The van der Waals surface area contributed by atoms with E-state index in [1.165, 1.54) is 43.8 Å². The molecule has 0 atom stereocenters. The summed E-state index contributed by atoms with van der Waals surface area (Å²) < 4.78 is 11.4. The predicted molar refractivity (Wildman–Crippen MR) is 223 cm³/mol. The highest BCUT2D eigenvalue weighted by atomic mass is 16.5. The minimum Gasteiger partial charge on any atom is -0.496 e. The summed E-state index contributed by atoms with van der Waals surface area (Å²) >= 11 is 0. The Kier molecular flexibility index (Phi) is 29.8. The Balaban J connectivity index is -0.000000814. The van der Waals surface area contributed by atoms with Gasteiger partial charge in [-0.1, -0.05) is 51.6 Å². The van der Waals surface area contributed by atoms with Gasteiger partial charge in [-0.25, -0.2) is 5.06 Å². The van der Waals surface area contributed by atoms with Crippen LogP contribution >= 0.6 is 0 Å². The standard InChI is InChI=1S/C20H29N3O5.C8H10N2O.C6H5NO3.C3H8.2C2H4/c1-13-15(11-21-3)19(27-5)14(2)20(28-6)18(13)22-12-17(25)16(23(4)26)9-7-8-10-24;1-6-4-3-5-8(7(2)9)10(6)11;8-4-5-2-1-3-6(9)7(5)10;1-3-2;2*1-2/h7-10,21-22,26H,11-12H2,1-6H3;3-5,11H,1-2,9H2;1-4,10H;3H2,1-2H3;2*1-2H2/b8-7-,16-9-;;;;;. The number of nitrogens with zero attached hydrogens (tertiary/aromatic N) is 3. The second kappa shape index (κ2) is 31.0. The molecule has 0 radical (unpaired) electrons. The lowest BCUT2D eigenvalue weighted by Crippen LogP contribution is -2.26. The van der Waals surface area contributed by atoms with E-state index in [0.717, 1.165) is 38.6 Å². The molecule has 0 aliphatic carbocycles. The van der Waals surface area contributed by atoms with Crippen molar-refractivity contribution >= 4 is 24.0 Å². The van der Waals surface area contributed by atoms with E-state index < -0.39 is 5.56 Å². The zero-order chi connectivity index (χ0) is 44.0. The Hall–Kier alpha value is -6.42. The van der Waals surface area contributed by atoms with Gasteiger partial charge in [-0.15, -0.1) is 31.0 Å². The second-order valence-electron chi connectivity index (χ2n) is 10.7. The molecule has 2 heterocycles. The Labute approximate surface area is 330 Å². The maximum Gasteiger partial charge on any atom is 0.283 e. The normalized spacial score (nSPS) is 11.1. The molecule has 1 aliphatic heterocycles. The van der Waals surface area contributed by atoms with Crippen LogP contribution in [-0.4, -0.2) is 83.7 Å². The first-order chi connectivity index (χ1) is 26.6. The van der Waals surface area contributed by atoms with Gasteiger partial charge >= 0.3 is 0 Å². The summed E-state index contributed by atoms with van der Waals surface area (Å²) in [6.45, 7) is 27.6. The van der Waals surface area contributed by atoms with E-state index in [-0.39, 0.29) is 23.7 Å². The monoisotopic (exact) mass is 780 g/mol. The van der Waals surface area contributed by atoms with Crippen molar-refractivity contribution in [2.45, 2.75) is 40.7 Å². The van der Waals surface area contributed by atoms with Gasteiger partial charge in [0.15, 0.2) is 12.1 Å². The SMILES string of the molecule is C=C.C=C.C=C(N)C1=CC=CC(=C)N1O.CCC.CNCc1c(C)c(NCC(=O)/C(=C/C=C\C=O)N(C)O)c(OC)c(C)c1OC.O=Cc1cccc(=O)n1O. The first-order valence-corrected chi connectivity index (χ1v) is 16.9. The highest BCUT2D eigenvalue weighted by Gasteiger charge is 2.22. The topological polar surface area (TPSA) is 209 Å². The molecule has 0 saturated heterocycles. The molecule has 7 N–H and O–H groups in total. The Morgan fingerprint density at radius 2 is 1.59 bits per heavy atom. The zero-order valence-corrected chi connectivity index (χ0v) is 33.9. The zero-order valence-electron chi connectivity index (χ0n) is 33.9. The summed E-state index contributed by atoms with van der Waals surface area (Å²) in [4.78, 5) is 43.6. The first kappa shape index (κ1) is 53.9. The number of anilines is 1. The molecule has 0 spiro atoms. The van der Waals surface area contributed by atoms with E-state index >= 15 is 0 Å². The molecule has 3 rings (SSSR count). The van der Waals surface area contributed by atoms with E-state index in [4.69, 9.17) is 20.4 Å². The van der Waals surface area contributed by atoms with Gasteiger partial charge in [0.05, 0.1) is 43.5 Å². The summed E-state index contributed by atoms with van der Waals surface area (Å²) in [5, 5.41) is 35.6. The van der Waals surface area contributed by atoms with Crippen LogP contribution in [0.3, 0.4) is 0 Å². The van der Waals surface area contributed by atoms with Crippen LogP contribution in [0.5, 0.6) is 11.5 Å². The molecule has 308 valence electrons. The number of methoxy groups -OCH3 is 2. The molecule has 56 heavy (non-hydrogen) atoms. The van der Waals surface area contributed by atoms with Gasteiger partial charge in [-0.05, 0) is 56.8 Å². The molecule has 1 aromatic heterocycles. The lowest BCUT2D eigenvalue weighted by molar-refractivity contribution is -0.121. The largest absolute Gasteiger partial charge is 0.496 e. The number of aldehydes is 2. The minimum atomic E-state index is -0.607. The number of nitrogens with two attached hydrogens (primary N) is 1. The third-order valence-electron chi connectivity index (χ3n) is 6.73. The number of ether oxygens (including phenoxy) is 2. The molecule has 0 fully saturated rings. The van der Waals surface area contributed by atoms with Crippen molar-refractivity contribution in [3.05, 3.63) is 150 Å². The molecular formula is C41H60N6O9. The lowest BCUT2D eigenvalue weighted by Gasteiger charge is -2.23. The van der Waals surface area contributed by atoms with Crippen molar-refractivity contribution < 1.29 is 39.5 Å². The molecule has 1 aromatic carbocycles. The van der Waals surface area contributed by atoms with Crippen molar-refractivity contribution in [3.63, 3.8) is 0 Å². The van der Waals surface area contributed by atoms with Crippen LogP contribution in [0, 0.1) is 13.8 Å². The third-order valence-corrected chi connectivity index (χ3v) is 6.73. The number of hydrogen-bond acceptors (Lipinski definition) is 14. The van der Waals surface area contributed by atoms with Crippen molar-refractivity contribution in [3.8, 4) is 11.5 Å². The van der Waals surface area contributed by atoms with Gasteiger partial charge in [-0.2, -0.15) is 0 Å². The van der Waals surface area contributed by atoms with E-state index in [0.29, 0.717) is 52.4 Å². The maximum absolute atomic E-state index is 12.5. The number of ketones is 1. The third kappa shape index (κ3) is 17.6. The van der Waals surface area contributed by atoms with E-state index in [1.807, 2.05) is 20.9 Å². The van der Waals surface area contributed by atoms with Crippen LogP contribution in [0.1, 0.15) is 47.4 Å². The van der Waals surface area contributed by atoms with Crippen LogP contribution in [0.2, 0.25) is 0 Å². The molecular weight excluding hydrogens is 720 g/mol. The summed E-state index contributed by atoms with van der Waals surface area (Å²) in [6.07, 6.45) is 11.3. The van der Waals surface area contributed by atoms with Gasteiger partial charge in [0.2, 0.25) is 0 Å². The van der Waals surface area contributed by atoms with E-state index in [9.17, 15) is 29.6 Å². The Morgan fingerprint density at radius 1 is 1.02 bits per heavy atom. The van der Waals surface area contributed by atoms with Crippen LogP contribution < -0.4 is 31.4 Å². The smallest absolute Gasteiger partial charge is 0.283 e. The highest BCUT2D eigenvalue weighted by Crippen LogP contribution is 2.41. The van der Waals surface area contributed by atoms with Gasteiger partial charge in [0.25, 0.3) is 5.56 Å². The molecule has 0 bridgehead atoms. The molecule has 0 unspecified atom stereocenters. The highest BCUT2D eigenvalue weighted by molar-refractivity contribution is 5.98. The van der Waals surface area contributed by atoms with E-state index in [2.05, 4.69) is 64.0 Å². The number of nitrogens with one attached hydrogen (secondary N) is 2. The summed E-state index contributed by atoms with van der Waals surface area (Å²) in [5.41, 5.74) is 9.39. The fourth-order valence-electron chi connectivity index (χ4n) is 4.35. The van der Waals surface area contributed by atoms with Crippen LogP contribution in [0.15, 0.2) is 122 Å². The number of carbonyl (C=O) groups excluding carboxylic acids is 3. The number of benzene rings is 1. The van der Waals surface area contributed by atoms with Gasteiger partial charge in [0.1, 0.15) is 29.2 Å². The van der Waals surface area contributed by atoms with Crippen LogP contribution in [0.25, 0.3) is 0 Å². The Bertz CT molecular complexity index is 1760. The van der Waals surface area contributed by atoms with Crippen LogP contribution in [-0.2, 0) is 16.1 Å². The van der Waals surface area contributed by atoms with Crippen molar-refractivity contribution in [1.29, 1.82) is 0 Å². The molecule has 2 aromatic rings. The van der Waals surface area contributed by atoms with Crippen molar-refractivity contribution in [2.75, 3.05) is 40.2 Å². The maximum atomic E-state index is 12.5. The minimum absolute atomic E-state index is 0.0444. The second-order valence-corrected chi connectivity index (χ2v) is 10.7. The number of pyridine rings is 1. The fraction of sp³-hybridized carbons (Fsp3) is 0.268. The number of hydrogen-bond donors (Lipinski definition) is 6. The number of hydroxylamine groups is 4. The number of likely N-dealkylation sites (N-methyl/N-ethyl adjacent to an activating group) is 1. The fourth-order valence-corrected chi connectivity index (χ4v) is 4.35. The number of Topliss-reactive ketones (excluding diaryl/α,β-unsaturated/α-hetero) is 1. The summed E-state index contributed by atoms with van der Waals surface area (Å²) in [5.74, 6) is 0.964. The van der Waals surface area contributed by atoms with Gasteiger partial charge < -0.3 is 31.0 Å². The lowest BCUT2D eigenvalue weighted by atomic mass is 9.99. The number of carbonyl (C=O) groups is 3. The molecule has 0 saturated carbocycles. The predicted octanol–water partition coefficient (Wildman–Crippen LogP) is 6.02. The van der Waals surface area contributed by atoms with Crippen LogP contribution in [0.4, 0.5) is 5.69 Å². The average Bonchev–Trinajstić information content (AvgIpc) is 3.18. The number of allylic oxidation sites excluding steroid dienone is 6. The number of aromatic nitrogens is 1. The summed E-state index contributed by atoms with van der Waals surface area (Å²) in [7, 11) is 6.35.